The second-order valence-corrected chi connectivity index (χ2v) is 5.22. The van der Waals surface area contributed by atoms with Gasteiger partial charge < -0.3 is 4.74 Å². The number of piperidine rings is 1. The molecule has 0 aromatic heterocycles. The molecule has 2 heterocycles. The largest absolute Gasteiger partial charge is 0.496 e. The second-order valence-electron chi connectivity index (χ2n) is 5.22. The number of rotatable bonds is 2. The maximum Gasteiger partial charge on any atom is 0.123 e. The van der Waals surface area contributed by atoms with Crippen LogP contribution in [-0.2, 0) is 0 Å². The molecule has 2 atom stereocenters. The van der Waals surface area contributed by atoms with Gasteiger partial charge >= 0.3 is 0 Å². The van der Waals surface area contributed by atoms with Crippen molar-refractivity contribution in [2.24, 2.45) is 0 Å². The van der Waals surface area contributed by atoms with Crippen LogP contribution in [0.1, 0.15) is 43.7 Å². The van der Waals surface area contributed by atoms with Gasteiger partial charge in [0.1, 0.15) is 5.75 Å². The Morgan fingerprint density at radius 1 is 1.11 bits per heavy atom. The molecule has 0 spiro atoms. The summed E-state index contributed by atoms with van der Waals surface area (Å²) in [5, 5.41) is 0. The van der Waals surface area contributed by atoms with Gasteiger partial charge in [-0.3, -0.25) is 4.90 Å². The fourth-order valence-electron chi connectivity index (χ4n) is 3.54. The van der Waals surface area contributed by atoms with Crippen LogP contribution in [0.4, 0.5) is 0 Å². The molecule has 1 aromatic rings. The second kappa shape index (κ2) is 5.94. The van der Waals surface area contributed by atoms with Gasteiger partial charge in [0.05, 0.1) is 7.11 Å². The molecule has 18 heavy (non-hydrogen) atoms. The third kappa shape index (κ3) is 2.36. The van der Waals surface area contributed by atoms with E-state index in [1.54, 1.807) is 7.11 Å². The fourth-order valence-corrected chi connectivity index (χ4v) is 3.54. The van der Waals surface area contributed by atoms with Crippen molar-refractivity contribution in [3.63, 3.8) is 0 Å². The number of hydrogen-bond donors (Lipinski definition) is 0. The summed E-state index contributed by atoms with van der Waals surface area (Å²) in [5.74, 6) is 1.06. The third-order valence-corrected chi connectivity index (χ3v) is 4.34. The number of methoxy groups -OCH3 is 1. The quantitative estimate of drug-likeness (QED) is 0.808. The normalized spacial score (nSPS) is 27.4. The van der Waals surface area contributed by atoms with Crippen LogP contribution in [0.5, 0.6) is 5.75 Å². The SMILES string of the molecule is COc1ccccc1[C@H]1CC[C@H]2CCCCN21.Cl. The van der Waals surface area contributed by atoms with Crippen LogP contribution in [-0.4, -0.2) is 24.6 Å². The molecule has 2 nitrogen and oxygen atoms in total. The maximum absolute atomic E-state index is 5.51. The van der Waals surface area contributed by atoms with Gasteiger partial charge in [-0.2, -0.15) is 0 Å². The van der Waals surface area contributed by atoms with E-state index in [2.05, 4.69) is 29.2 Å². The summed E-state index contributed by atoms with van der Waals surface area (Å²) in [6, 6.07) is 9.95. The van der Waals surface area contributed by atoms with E-state index in [4.69, 9.17) is 4.74 Å². The van der Waals surface area contributed by atoms with E-state index in [1.807, 2.05) is 0 Å². The monoisotopic (exact) mass is 267 g/mol. The first-order valence-electron chi connectivity index (χ1n) is 6.79. The number of hydrogen-bond acceptors (Lipinski definition) is 2. The van der Waals surface area contributed by atoms with E-state index in [9.17, 15) is 0 Å². The first-order valence-corrected chi connectivity index (χ1v) is 6.79. The van der Waals surface area contributed by atoms with E-state index in [0.717, 1.165) is 11.8 Å². The number of halogens is 1. The Hall–Kier alpha value is -0.730. The number of benzene rings is 1. The van der Waals surface area contributed by atoms with Crippen molar-refractivity contribution < 1.29 is 4.74 Å². The number of para-hydroxylation sites is 1. The zero-order valence-electron chi connectivity index (χ0n) is 11.0. The molecule has 0 saturated carbocycles. The van der Waals surface area contributed by atoms with E-state index >= 15 is 0 Å². The summed E-state index contributed by atoms with van der Waals surface area (Å²) >= 11 is 0. The zero-order valence-corrected chi connectivity index (χ0v) is 11.8. The lowest BCUT2D eigenvalue weighted by Crippen LogP contribution is -2.35. The Morgan fingerprint density at radius 3 is 2.78 bits per heavy atom. The molecule has 2 aliphatic heterocycles. The molecule has 0 N–H and O–H groups in total. The lowest BCUT2D eigenvalue weighted by Gasteiger charge is -2.34. The molecule has 0 aliphatic carbocycles. The van der Waals surface area contributed by atoms with Gasteiger partial charge in [0.2, 0.25) is 0 Å². The van der Waals surface area contributed by atoms with E-state index < -0.39 is 0 Å². The van der Waals surface area contributed by atoms with Crippen LogP contribution < -0.4 is 4.74 Å². The summed E-state index contributed by atoms with van der Waals surface area (Å²) in [6.45, 7) is 1.27. The Labute approximate surface area is 116 Å². The predicted octanol–water partition coefficient (Wildman–Crippen LogP) is 3.81. The lowest BCUT2D eigenvalue weighted by molar-refractivity contribution is 0.148. The average Bonchev–Trinajstić information content (AvgIpc) is 2.82. The van der Waals surface area contributed by atoms with Crippen molar-refractivity contribution in [3.05, 3.63) is 29.8 Å². The first-order chi connectivity index (χ1) is 8.40. The van der Waals surface area contributed by atoms with Crippen LogP contribution >= 0.6 is 12.4 Å². The van der Waals surface area contributed by atoms with E-state index in [-0.39, 0.29) is 12.4 Å². The minimum Gasteiger partial charge on any atom is -0.496 e. The van der Waals surface area contributed by atoms with Crippen molar-refractivity contribution in [2.45, 2.75) is 44.2 Å². The smallest absolute Gasteiger partial charge is 0.123 e. The fraction of sp³-hybridized carbons (Fsp3) is 0.600. The molecule has 0 amide bonds. The summed E-state index contributed by atoms with van der Waals surface area (Å²) in [5.41, 5.74) is 1.39. The van der Waals surface area contributed by atoms with Gasteiger partial charge in [0.25, 0.3) is 0 Å². The van der Waals surface area contributed by atoms with Crippen LogP contribution in [0.3, 0.4) is 0 Å². The predicted molar refractivity (Wildman–Crippen MR) is 76.6 cm³/mol. The van der Waals surface area contributed by atoms with E-state index in [1.165, 1.54) is 44.2 Å². The van der Waals surface area contributed by atoms with Crippen molar-refractivity contribution in [1.82, 2.24) is 4.90 Å². The Morgan fingerprint density at radius 2 is 1.94 bits per heavy atom. The van der Waals surface area contributed by atoms with Crippen LogP contribution in [0.15, 0.2) is 24.3 Å². The van der Waals surface area contributed by atoms with Gasteiger partial charge in [-0.1, -0.05) is 24.6 Å². The zero-order chi connectivity index (χ0) is 11.7. The van der Waals surface area contributed by atoms with Gasteiger partial charge in [-0.25, -0.2) is 0 Å². The van der Waals surface area contributed by atoms with Crippen LogP contribution in [0, 0.1) is 0 Å². The molecular formula is C15H22ClNO. The maximum atomic E-state index is 5.51. The van der Waals surface area contributed by atoms with Crippen LogP contribution in [0.2, 0.25) is 0 Å². The minimum absolute atomic E-state index is 0. The standard InChI is InChI=1S/C15H21NO.ClH/c1-17-15-8-3-2-7-13(15)14-10-9-12-6-4-5-11-16(12)14;/h2-3,7-8,12,14H,4-6,9-11H2,1H3;1H/t12-,14-;/m1./s1. The van der Waals surface area contributed by atoms with Gasteiger partial charge in [-0.05, 0) is 38.3 Å². The van der Waals surface area contributed by atoms with E-state index in [0.29, 0.717) is 6.04 Å². The molecule has 3 heteroatoms. The van der Waals surface area contributed by atoms with Crippen molar-refractivity contribution in [3.8, 4) is 5.75 Å². The molecule has 2 aliphatic rings. The highest BCUT2D eigenvalue weighted by Crippen LogP contribution is 2.42. The Balaban J connectivity index is 0.00000120. The van der Waals surface area contributed by atoms with Gasteiger partial charge in [0.15, 0.2) is 0 Å². The Bertz CT molecular complexity index is 396. The molecule has 1 aromatic carbocycles. The summed E-state index contributed by atoms with van der Waals surface area (Å²) in [6.07, 6.45) is 6.83. The molecule has 2 saturated heterocycles. The highest BCUT2D eigenvalue weighted by molar-refractivity contribution is 5.85. The molecule has 0 radical (unpaired) electrons. The number of ether oxygens (including phenoxy) is 1. The van der Waals surface area contributed by atoms with Gasteiger partial charge in [0, 0.05) is 17.6 Å². The first kappa shape index (κ1) is 13.7. The van der Waals surface area contributed by atoms with Gasteiger partial charge in [-0.15, -0.1) is 12.4 Å². The Kier molecular flexibility index (Phi) is 4.52. The van der Waals surface area contributed by atoms with Crippen molar-refractivity contribution >= 4 is 12.4 Å². The molecule has 100 valence electrons. The van der Waals surface area contributed by atoms with Crippen molar-refractivity contribution in [2.75, 3.05) is 13.7 Å². The molecular weight excluding hydrogens is 246 g/mol. The minimum atomic E-state index is 0. The molecule has 3 rings (SSSR count). The number of nitrogens with zero attached hydrogens (tertiary/aromatic N) is 1. The van der Waals surface area contributed by atoms with Crippen molar-refractivity contribution in [1.29, 1.82) is 0 Å². The molecule has 2 fully saturated rings. The summed E-state index contributed by atoms with van der Waals surface area (Å²) < 4.78 is 5.51. The van der Waals surface area contributed by atoms with Crippen LogP contribution in [0.25, 0.3) is 0 Å². The third-order valence-electron chi connectivity index (χ3n) is 4.34. The number of fused-ring (bicyclic) bond motifs is 1. The highest BCUT2D eigenvalue weighted by Gasteiger charge is 2.36. The average molecular weight is 268 g/mol. The highest BCUT2D eigenvalue weighted by atomic mass is 35.5. The lowest BCUT2D eigenvalue weighted by atomic mass is 10.0. The topological polar surface area (TPSA) is 12.5 Å². The summed E-state index contributed by atoms with van der Waals surface area (Å²) in [4.78, 5) is 2.71. The molecule has 0 unspecified atom stereocenters. The summed E-state index contributed by atoms with van der Waals surface area (Å²) in [7, 11) is 1.78. The molecule has 0 bridgehead atoms.